The molecule has 0 unspecified atom stereocenters. The Bertz CT molecular complexity index is 371. The highest BCUT2D eigenvalue weighted by Gasteiger charge is 2.08. The first-order valence-electron chi connectivity index (χ1n) is 6.72. The van der Waals surface area contributed by atoms with E-state index >= 15 is 0 Å². The van der Waals surface area contributed by atoms with Crippen molar-refractivity contribution >= 4 is 23.6 Å². The van der Waals surface area contributed by atoms with Gasteiger partial charge in [0.05, 0.1) is 5.02 Å². The van der Waals surface area contributed by atoms with Crippen molar-refractivity contribution < 1.29 is 4.79 Å². The van der Waals surface area contributed by atoms with Crippen LogP contribution in [0, 0.1) is 0 Å². The molecule has 0 bridgehead atoms. The predicted molar refractivity (Wildman–Crippen MR) is 78.9 cm³/mol. The first-order chi connectivity index (χ1) is 8.72. The third kappa shape index (κ3) is 4.34. The number of nitrogens with zero attached hydrogens (tertiary/aromatic N) is 1. The average molecular weight is 268 g/mol. The van der Waals surface area contributed by atoms with E-state index in [1.807, 2.05) is 12.1 Å². The van der Waals surface area contributed by atoms with Crippen LogP contribution in [-0.2, 0) is 0 Å². The number of hydrogen-bond donors (Lipinski definition) is 0. The molecule has 0 fully saturated rings. The minimum Gasteiger partial charge on any atom is -0.371 e. The number of halogens is 1. The summed E-state index contributed by atoms with van der Waals surface area (Å²) in [7, 11) is 0. The van der Waals surface area contributed by atoms with E-state index in [1.54, 1.807) is 6.07 Å². The average Bonchev–Trinajstić information content (AvgIpc) is 2.39. The molecule has 0 saturated heterocycles. The van der Waals surface area contributed by atoms with Crippen LogP contribution in [-0.4, -0.2) is 19.4 Å². The molecule has 3 heteroatoms. The molecule has 0 heterocycles. The van der Waals surface area contributed by atoms with E-state index in [0.717, 1.165) is 25.1 Å². The lowest BCUT2D eigenvalue weighted by atomic mass is 10.2. The van der Waals surface area contributed by atoms with E-state index < -0.39 is 0 Å². The van der Waals surface area contributed by atoms with Gasteiger partial charge in [-0.3, -0.25) is 4.79 Å². The normalized spacial score (nSPS) is 10.4. The second-order valence-electron chi connectivity index (χ2n) is 4.52. The van der Waals surface area contributed by atoms with Crippen molar-refractivity contribution in [1.82, 2.24) is 0 Å². The minimum atomic E-state index is 0.542. The lowest BCUT2D eigenvalue weighted by Crippen LogP contribution is -2.25. The van der Waals surface area contributed by atoms with Crippen molar-refractivity contribution in [1.29, 1.82) is 0 Å². The molecular weight excluding hydrogens is 246 g/mol. The second-order valence-corrected chi connectivity index (χ2v) is 4.93. The molecule has 1 aromatic rings. The van der Waals surface area contributed by atoms with Gasteiger partial charge in [0.15, 0.2) is 6.29 Å². The lowest BCUT2D eigenvalue weighted by Gasteiger charge is -2.25. The van der Waals surface area contributed by atoms with Gasteiger partial charge in [0.25, 0.3) is 0 Å². The van der Waals surface area contributed by atoms with E-state index in [2.05, 4.69) is 18.7 Å². The van der Waals surface area contributed by atoms with Crippen molar-refractivity contribution in [2.75, 3.05) is 18.0 Å². The van der Waals surface area contributed by atoms with Crippen LogP contribution in [0.4, 0.5) is 5.69 Å². The summed E-state index contributed by atoms with van der Waals surface area (Å²) in [5.74, 6) is 0. The number of aldehydes is 1. The van der Waals surface area contributed by atoms with Crippen molar-refractivity contribution in [2.24, 2.45) is 0 Å². The van der Waals surface area contributed by atoms with Gasteiger partial charge < -0.3 is 4.90 Å². The predicted octanol–water partition coefficient (Wildman–Crippen LogP) is 4.56. The third-order valence-electron chi connectivity index (χ3n) is 3.04. The van der Waals surface area contributed by atoms with Gasteiger partial charge in [-0.25, -0.2) is 0 Å². The number of benzene rings is 1. The highest BCUT2D eigenvalue weighted by atomic mass is 35.5. The molecule has 0 atom stereocenters. The van der Waals surface area contributed by atoms with Crippen LogP contribution in [0.2, 0.25) is 5.02 Å². The van der Waals surface area contributed by atoms with E-state index in [4.69, 9.17) is 11.6 Å². The van der Waals surface area contributed by atoms with E-state index in [0.29, 0.717) is 10.6 Å². The molecule has 100 valence electrons. The van der Waals surface area contributed by atoms with Crippen LogP contribution < -0.4 is 4.90 Å². The lowest BCUT2D eigenvalue weighted by molar-refractivity contribution is 0.112. The minimum absolute atomic E-state index is 0.542. The van der Waals surface area contributed by atoms with Gasteiger partial charge in [0.1, 0.15) is 0 Å². The smallest absolute Gasteiger partial charge is 0.151 e. The van der Waals surface area contributed by atoms with E-state index in [-0.39, 0.29) is 0 Å². The molecular formula is C15H22ClNO. The van der Waals surface area contributed by atoms with Gasteiger partial charge in [0, 0.05) is 24.3 Å². The van der Waals surface area contributed by atoms with Gasteiger partial charge in [-0.05, 0) is 31.0 Å². The standard InChI is InChI=1S/C15H22ClNO/c1-3-5-9-17(10-6-4-2)14-8-7-13(12-18)15(16)11-14/h7-8,11-12H,3-6,9-10H2,1-2H3. The Morgan fingerprint density at radius 3 is 2.22 bits per heavy atom. The topological polar surface area (TPSA) is 20.3 Å². The maximum Gasteiger partial charge on any atom is 0.151 e. The summed E-state index contributed by atoms with van der Waals surface area (Å²) in [6.07, 6.45) is 5.52. The molecule has 0 spiro atoms. The Kier molecular flexibility index (Phi) is 6.81. The Balaban J connectivity index is 2.82. The molecule has 0 aliphatic heterocycles. The first kappa shape index (κ1) is 15.0. The molecule has 0 N–H and O–H groups in total. The number of carbonyl (C=O) groups excluding carboxylic acids is 1. The number of hydrogen-bond acceptors (Lipinski definition) is 2. The van der Waals surface area contributed by atoms with Gasteiger partial charge in [-0.2, -0.15) is 0 Å². The molecule has 0 aliphatic rings. The third-order valence-corrected chi connectivity index (χ3v) is 3.37. The number of unbranched alkanes of at least 4 members (excludes halogenated alkanes) is 2. The van der Waals surface area contributed by atoms with Crippen molar-refractivity contribution in [3.63, 3.8) is 0 Å². The zero-order chi connectivity index (χ0) is 13.4. The highest BCUT2D eigenvalue weighted by molar-refractivity contribution is 6.33. The quantitative estimate of drug-likeness (QED) is 0.644. The van der Waals surface area contributed by atoms with Crippen LogP contribution in [0.25, 0.3) is 0 Å². The summed E-state index contributed by atoms with van der Waals surface area (Å²) in [6, 6.07) is 5.69. The summed E-state index contributed by atoms with van der Waals surface area (Å²) >= 11 is 6.08. The van der Waals surface area contributed by atoms with Crippen LogP contribution in [0.1, 0.15) is 49.9 Å². The number of rotatable bonds is 8. The van der Waals surface area contributed by atoms with Gasteiger partial charge in [0.2, 0.25) is 0 Å². The Labute approximate surface area is 115 Å². The van der Waals surface area contributed by atoms with Gasteiger partial charge in [-0.15, -0.1) is 0 Å². The summed E-state index contributed by atoms with van der Waals surface area (Å²) < 4.78 is 0. The summed E-state index contributed by atoms with van der Waals surface area (Å²) in [6.45, 7) is 6.49. The summed E-state index contributed by atoms with van der Waals surface area (Å²) in [5.41, 5.74) is 1.68. The number of anilines is 1. The molecule has 18 heavy (non-hydrogen) atoms. The molecule has 1 rings (SSSR count). The maximum absolute atomic E-state index is 10.8. The fourth-order valence-corrected chi connectivity index (χ4v) is 2.10. The van der Waals surface area contributed by atoms with Crippen LogP contribution >= 0.6 is 11.6 Å². The largest absolute Gasteiger partial charge is 0.371 e. The maximum atomic E-state index is 10.8. The molecule has 0 saturated carbocycles. The van der Waals surface area contributed by atoms with Gasteiger partial charge >= 0.3 is 0 Å². The SMILES string of the molecule is CCCCN(CCCC)c1ccc(C=O)c(Cl)c1. The Morgan fingerprint density at radius 2 is 1.78 bits per heavy atom. The van der Waals surface area contributed by atoms with E-state index in [1.165, 1.54) is 25.7 Å². The summed E-state index contributed by atoms with van der Waals surface area (Å²) in [4.78, 5) is 13.1. The second kappa shape index (κ2) is 8.15. The molecule has 0 radical (unpaired) electrons. The highest BCUT2D eigenvalue weighted by Crippen LogP contribution is 2.23. The zero-order valence-electron chi connectivity index (χ0n) is 11.3. The molecule has 0 aliphatic carbocycles. The first-order valence-corrected chi connectivity index (χ1v) is 7.10. The van der Waals surface area contributed by atoms with E-state index in [9.17, 15) is 4.79 Å². The fraction of sp³-hybridized carbons (Fsp3) is 0.533. The van der Waals surface area contributed by atoms with Crippen LogP contribution in [0.5, 0.6) is 0 Å². The summed E-state index contributed by atoms with van der Waals surface area (Å²) in [5, 5.41) is 0.542. The molecule has 0 aromatic heterocycles. The Morgan fingerprint density at radius 1 is 1.17 bits per heavy atom. The van der Waals surface area contributed by atoms with Crippen molar-refractivity contribution in [2.45, 2.75) is 39.5 Å². The van der Waals surface area contributed by atoms with Gasteiger partial charge in [-0.1, -0.05) is 38.3 Å². The molecule has 2 nitrogen and oxygen atoms in total. The van der Waals surface area contributed by atoms with Crippen LogP contribution in [0.3, 0.4) is 0 Å². The molecule has 1 aromatic carbocycles. The van der Waals surface area contributed by atoms with Crippen molar-refractivity contribution in [3.05, 3.63) is 28.8 Å². The monoisotopic (exact) mass is 267 g/mol. The number of carbonyl (C=O) groups is 1. The van der Waals surface area contributed by atoms with Crippen molar-refractivity contribution in [3.8, 4) is 0 Å². The van der Waals surface area contributed by atoms with Crippen LogP contribution in [0.15, 0.2) is 18.2 Å². The molecule has 0 amide bonds. The Hall–Kier alpha value is -1.02. The zero-order valence-corrected chi connectivity index (χ0v) is 12.0. The fourth-order valence-electron chi connectivity index (χ4n) is 1.88.